The predicted octanol–water partition coefficient (Wildman–Crippen LogP) is 0.866. The third-order valence-electron chi connectivity index (χ3n) is 3.29. The second-order valence-electron chi connectivity index (χ2n) is 4.46. The van der Waals surface area contributed by atoms with Crippen LogP contribution in [0.3, 0.4) is 0 Å². The maximum atomic E-state index is 12.4. The fraction of sp³-hybridized carbons (Fsp3) is 0.231. The van der Waals surface area contributed by atoms with Gasteiger partial charge in [0.15, 0.2) is 5.71 Å². The normalized spacial score (nSPS) is 23.7. The molecule has 2 heterocycles. The lowest BCUT2D eigenvalue weighted by molar-refractivity contribution is -0.133. The monoisotopic (exact) mass is 352 g/mol. The maximum absolute atomic E-state index is 12.4. The Hall–Kier alpha value is -2.22. The minimum atomic E-state index is -1.10. The van der Waals surface area contributed by atoms with E-state index < -0.39 is 29.8 Å². The number of halogens is 1. The van der Waals surface area contributed by atoms with Gasteiger partial charge in [0.1, 0.15) is 5.92 Å². The van der Waals surface area contributed by atoms with Crippen molar-refractivity contribution >= 4 is 45.1 Å². The number of esters is 1. The van der Waals surface area contributed by atoms with Crippen LogP contribution in [0.25, 0.3) is 0 Å². The highest BCUT2D eigenvalue weighted by atomic mass is 79.9. The second kappa shape index (κ2) is 4.96. The van der Waals surface area contributed by atoms with Gasteiger partial charge in [-0.05, 0) is 24.3 Å². The van der Waals surface area contributed by atoms with Gasteiger partial charge >= 0.3 is 5.97 Å². The second-order valence-corrected chi connectivity index (χ2v) is 5.38. The van der Waals surface area contributed by atoms with Crippen molar-refractivity contribution in [2.24, 2.45) is 11.1 Å². The van der Waals surface area contributed by atoms with Crippen molar-refractivity contribution in [2.75, 3.05) is 12.0 Å². The molecule has 1 aromatic carbocycles. The first-order valence-corrected chi connectivity index (χ1v) is 6.79. The highest BCUT2D eigenvalue weighted by Gasteiger charge is 2.57. The fourth-order valence-electron chi connectivity index (χ4n) is 2.30. The molecule has 2 atom stereocenters. The summed E-state index contributed by atoms with van der Waals surface area (Å²) >= 11 is 3.28. The summed E-state index contributed by atoms with van der Waals surface area (Å²) in [6.45, 7) is 0. The number of benzene rings is 1. The molecular weight excluding hydrogens is 344 g/mol. The average molecular weight is 353 g/mol. The molecule has 2 aliphatic heterocycles. The molecule has 8 heteroatoms. The molecule has 0 bridgehead atoms. The minimum Gasteiger partial charge on any atom is -0.464 e. The van der Waals surface area contributed by atoms with Gasteiger partial charge in [-0.15, -0.1) is 0 Å². The first-order valence-electron chi connectivity index (χ1n) is 6.00. The predicted molar refractivity (Wildman–Crippen MR) is 74.4 cm³/mol. The van der Waals surface area contributed by atoms with E-state index >= 15 is 0 Å². The van der Waals surface area contributed by atoms with E-state index in [9.17, 15) is 14.4 Å². The Labute approximate surface area is 127 Å². The van der Waals surface area contributed by atoms with Crippen molar-refractivity contribution in [2.45, 2.75) is 6.10 Å². The number of carbonyl (C=O) groups is 3. The van der Waals surface area contributed by atoms with Crippen LogP contribution in [0.1, 0.15) is 0 Å². The van der Waals surface area contributed by atoms with Gasteiger partial charge in [-0.25, -0.2) is 9.69 Å². The number of nitrogens with zero attached hydrogens (tertiary/aromatic N) is 2. The maximum Gasteiger partial charge on any atom is 0.356 e. The molecule has 0 N–H and O–H groups in total. The summed E-state index contributed by atoms with van der Waals surface area (Å²) in [4.78, 5) is 42.2. The van der Waals surface area contributed by atoms with Crippen molar-refractivity contribution in [1.82, 2.24) is 0 Å². The SMILES string of the molecule is COC(=O)C1=NO[C@H]2C(=O)N(c3ccc(Br)cc3)C(=O)[C@H]12. The lowest BCUT2D eigenvalue weighted by Crippen LogP contribution is -2.34. The molecule has 0 saturated carbocycles. The topological polar surface area (TPSA) is 85.3 Å². The van der Waals surface area contributed by atoms with Crippen LogP contribution in [0, 0.1) is 5.92 Å². The van der Waals surface area contributed by atoms with E-state index in [2.05, 4.69) is 25.8 Å². The van der Waals surface area contributed by atoms with Crippen LogP contribution in [0.4, 0.5) is 5.69 Å². The number of imide groups is 1. The highest BCUT2D eigenvalue weighted by Crippen LogP contribution is 2.33. The van der Waals surface area contributed by atoms with E-state index in [1.165, 1.54) is 7.11 Å². The molecule has 0 aromatic heterocycles. The molecule has 1 aromatic rings. The zero-order valence-corrected chi connectivity index (χ0v) is 12.4. The molecule has 3 rings (SSSR count). The van der Waals surface area contributed by atoms with Gasteiger partial charge in [-0.3, -0.25) is 9.59 Å². The van der Waals surface area contributed by atoms with Crippen molar-refractivity contribution in [3.05, 3.63) is 28.7 Å². The molecule has 0 unspecified atom stereocenters. The number of rotatable bonds is 2. The summed E-state index contributed by atoms with van der Waals surface area (Å²) in [6, 6.07) is 6.66. The molecule has 2 amide bonds. The van der Waals surface area contributed by atoms with E-state index in [-0.39, 0.29) is 5.71 Å². The van der Waals surface area contributed by atoms with Crippen LogP contribution in [-0.2, 0) is 24.0 Å². The Bertz CT molecular complexity index is 670. The quantitative estimate of drug-likeness (QED) is 0.582. The number of ether oxygens (including phenoxy) is 1. The Morgan fingerprint density at radius 2 is 1.95 bits per heavy atom. The summed E-state index contributed by atoms with van der Waals surface area (Å²) in [7, 11) is 1.17. The number of anilines is 1. The smallest absolute Gasteiger partial charge is 0.356 e. The molecule has 0 aliphatic carbocycles. The lowest BCUT2D eigenvalue weighted by atomic mass is 10.00. The summed E-state index contributed by atoms with van der Waals surface area (Å²) in [5, 5.41) is 3.50. The summed E-state index contributed by atoms with van der Waals surface area (Å²) in [6.07, 6.45) is -1.10. The minimum absolute atomic E-state index is 0.180. The van der Waals surface area contributed by atoms with Gasteiger partial charge < -0.3 is 9.57 Å². The summed E-state index contributed by atoms with van der Waals surface area (Å²) in [5.41, 5.74) is 0.232. The largest absolute Gasteiger partial charge is 0.464 e. The van der Waals surface area contributed by atoms with E-state index in [4.69, 9.17) is 4.84 Å². The van der Waals surface area contributed by atoms with Crippen LogP contribution >= 0.6 is 15.9 Å². The lowest BCUT2D eigenvalue weighted by Gasteiger charge is -2.15. The van der Waals surface area contributed by atoms with Crippen molar-refractivity contribution in [1.29, 1.82) is 0 Å². The number of amides is 2. The zero-order chi connectivity index (χ0) is 15.1. The number of fused-ring (bicyclic) bond motifs is 1. The highest BCUT2D eigenvalue weighted by molar-refractivity contribution is 9.10. The van der Waals surface area contributed by atoms with E-state index in [1.807, 2.05) is 0 Å². The van der Waals surface area contributed by atoms with Crippen molar-refractivity contribution < 1.29 is 24.0 Å². The standard InChI is InChI=1S/C13H9BrN2O5/c1-20-13(19)9-8-10(21-15-9)12(18)16(11(8)17)7-4-2-6(14)3-5-7/h2-5,8,10H,1H3/t8-,10-/m1/s1. The third-order valence-corrected chi connectivity index (χ3v) is 3.82. The molecule has 108 valence electrons. The van der Waals surface area contributed by atoms with E-state index in [0.717, 1.165) is 9.37 Å². The molecule has 2 aliphatic rings. The van der Waals surface area contributed by atoms with Gasteiger partial charge in [0.2, 0.25) is 12.0 Å². The number of methoxy groups -OCH3 is 1. The van der Waals surface area contributed by atoms with E-state index in [0.29, 0.717) is 5.69 Å². The third kappa shape index (κ3) is 2.02. The molecule has 21 heavy (non-hydrogen) atoms. The average Bonchev–Trinajstić information content (AvgIpc) is 3.01. The first-order chi connectivity index (χ1) is 10.0. The zero-order valence-electron chi connectivity index (χ0n) is 10.8. The van der Waals surface area contributed by atoms with Crippen molar-refractivity contribution in [3.63, 3.8) is 0 Å². The van der Waals surface area contributed by atoms with Crippen LogP contribution in [0.15, 0.2) is 33.9 Å². The van der Waals surface area contributed by atoms with Crippen LogP contribution in [0.5, 0.6) is 0 Å². The van der Waals surface area contributed by atoms with Gasteiger partial charge in [-0.2, -0.15) is 0 Å². The van der Waals surface area contributed by atoms with Crippen LogP contribution < -0.4 is 4.90 Å². The summed E-state index contributed by atoms with van der Waals surface area (Å²) < 4.78 is 5.36. The Balaban J connectivity index is 1.95. The Morgan fingerprint density at radius 3 is 2.57 bits per heavy atom. The van der Waals surface area contributed by atoms with Gasteiger partial charge in [-0.1, -0.05) is 21.1 Å². The molecular formula is C13H9BrN2O5. The Morgan fingerprint density at radius 1 is 1.29 bits per heavy atom. The summed E-state index contributed by atoms with van der Waals surface area (Å²) in [5.74, 6) is -2.92. The molecule has 0 radical (unpaired) electrons. The van der Waals surface area contributed by atoms with Crippen LogP contribution in [-0.4, -0.2) is 36.7 Å². The number of carbonyl (C=O) groups excluding carboxylic acids is 3. The fourth-order valence-corrected chi connectivity index (χ4v) is 2.56. The van der Waals surface area contributed by atoms with Crippen LogP contribution in [0.2, 0.25) is 0 Å². The number of hydrogen-bond acceptors (Lipinski definition) is 6. The van der Waals surface area contributed by atoms with E-state index in [1.54, 1.807) is 24.3 Å². The molecule has 7 nitrogen and oxygen atoms in total. The van der Waals surface area contributed by atoms with Gasteiger partial charge in [0.25, 0.3) is 5.91 Å². The molecule has 1 saturated heterocycles. The van der Waals surface area contributed by atoms with Gasteiger partial charge in [0.05, 0.1) is 12.8 Å². The van der Waals surface area contributed by atoms with Crippen molar-refractivity contribution in [3.8, 4) is 0 Å². The number of hydrogen-bond donors (Lipinski definition) is 0. The number of oxime groups is 1. The Kier molecular flexibility index (Phi) is 3.25. The first kappa shape index (κ1) is 13.7. The van der Waals surface area contributed by atoms with Gasteiger partial charge in [0, 0.05) is 4.47 Å². The molecule has 0 spiro atoms. The molecule has 1 fully saturated rings.